The monoisotopic (exact) mass is 596 g/mol. The predicted molar refractivity (Wildman–Crippen MR) is 182 cm³/mol. The molecule has 3 aromatic heterocycles. The highest BCUT2D eigenvalue weighted by Gasteiger charge is 2.27. The fourth-order valence-electron chi connectivity index (χ4n) is 5.90. The lowest BCUT2D eigenvalue weighted by molar-refractivity contribution is 0.689. The van der Waals surface area contributed by atoms with Crippen molar-refractivity contribution in [2.45, 2.75) is 27.3 Å². The molecule has 0 saturated carbocycles. The minimum atomic E-state index is 0.497. The SMILES string of the molecule is C=C(NC)Nc1nc2ccc(-c3nn(CC4=Cc5cccc(C)c5C(=C)N4c4ccccc4C)c4ncnc(C)c34)cc2s1. The van der Waals surface area contributed by atoms with Gasteiger partial charge in [0.2, 0.25) is 0 Å². The summed E-state index contributed by atoms with van der Waals surface area (Å²) < 4.78 is 3.04. The number of allylic oxidation sites excluding steroid dienone is 1. The lowest BCUT2D eigenvalue weighted by Gasteiger charge is -2.35. The van der Waals surface area contributed by atoms with E-state index in [1.807, 2.05) is 24.7 Å². The molecular formula is C35H32N8S. The number of nitrogens with zero attached hydrogens (tertiary/aromatic N) is 6. The van der Waals surface area contributed by atoms with E-state index in [2.05, 4.69) is 108 Å². The summed E-state index contributed by atoms with van der Waals surface area (Å²) in [5.74, 6) is 0.694. The number of hydrogen-bond acceptors (Lipinski definition) is 8. The van der Waals surface area contributed by atoms with Crippen LogP contribution in [-0.2, 0) is 6.54 Å². The van der Waals surface area contributed by atoms with Crippen molar-refractivity contribution in [3.8, 4) is 11.3 Å². The smallest absolute Gasteiger partial charge is 0.189 e. The lowest BCUT2D eigenvalue weighted by atomic mass is 9.93. The number of hydrogen-bond donors (Lipinski definition) is 2. The molecule has 2 N–H and O–H groups in total. The zero-order chi connectivity index (χ0) is 30.5. The molecule has 0 aliphatic carbocycles. The summed E-state index contributed by atoms with van der Waals surface area (Å²) in [7, 11) is 1.83. The number of para-hydroxylation sites is 1. The predicted octanol–water partition coefficient (Wildman–Crippen LogP) is 7.66. The van der Waals surface area contributed by atoms with Crippen LogP contribution < -0.4 is 15.5 Å². The Hall–Kier alpha value is -5.28. The highest BCUT2D eigenvalue weighted by Crippen LogP contribution is 2.41. The lowest BCUT2D eigenvalue weighted by Crippen LogP contribution is -2.28. The van der Waals surface area contributed by atoms with Gasteiger partial charge in [0, 0.05) is 35.3 Å². The van der Waals surface area contributed by atoms with Crippen molar-refractivity contribution in [2.24, 2.45) is 0 Å². The highest BCUT2D eigenvalue weighted by atomic mass is 32.1. The molecule has 44 heavy (non-hydrogen) atoms. The van der Waals surface area contributed by atoms with Gasteiger partial charge in [0.05, 0.1) is 33.7 Å². The minimum Gasteiger partial charge on any atom is -0.375 e. The van der Waals surface area contributed by atoms with Crippen LogP contribution in [0.1, 0.15) is 27.9 Å². The van der Waals surface area contributed by atoms with Crippen molar-refractivity contribution in [1.82, 2.24) is 30.0 Å². The molecule has 0 saturated heterocycles. The zero-order valence-corrected chi connectivity index (χ0v) is 26.0. The number of aromatic nitrogens is 5. The van der Waals surface area contributed by atoms with Gasteiger partial charge in [0.1, 0.15) is 12.0 Å². The number of aryl methyl sites for hydroxylation is 3. The Balaban J connectivity index is 1.36. The zero-order valence-electron chi connectivity index (χ0n) is 25.1. The summed E-state index contributed by atoms with van der Waals surface area (Å²) in [6, 6.07) is 21.1. The van der Waals surface area contributed by atoms with Crippen LogP contribution in [0.3, 0.4) is 0 Å². The Labute approximate surface area is 260 Å². The molecule has 0 unspecified atom stereocenters. The second kappa shape index (κ2) is 10.8. The first-order chi connectivity index (χ1) is 21.3. The summed E-state index contributed by atoms with van der Waals surface area (Å²) in [4.78, 5) is 16.3. The topological polar surface area (TPSA) is 83.8 Å². The van der Waals surface area contributed by atoms with E-state index in [-0.39, 0.29) is 0 Å². The van der Waals surface area contributed by atoms with Crippen molar-refractivity contribution in [3.63, 3.8) is 0 Å². The number of thiazole rings is 1. The molecule has 6 aromatic rings. The van der Waals surface area contributed by atoms with Crippen molar-refractivity contribution in [1.29, 1.82) is 0 Å². The number of benzene rings is 3. The van der Waals surface area contributed by atoms with Crippen LogP contribution in [0.15, 0.2) is 91.7 Å². The van der Waals surface area contributed by atoms with Gasteiger partial charge in [-0.1, -0.05) is 67.0 Å². The molecule has 0 atom stereocenters. The Morgan fingerprint density at radius 3 is 2.61 bits per heavy atom. The fraction of sp³-hybridized carbons (Fsp3) is 0.143. The van der Waals surface area contributed by atoms with Crippen molar-refractivity contribution in [3.05, 3.63) is 120 Å². The van der Waals surface area contributed by atoms with Crippen LogP contribution in [0.2, 0.25) is 0 Å². The average molecular weight is 597 g/mol. The third-order valence-corrected chi connectivity index (χ3v) is 9.01. The van der Waals surface area contributed by atoms with Crippen molar-refractivity contribution < 1.29 is 0 Å². The molecule has 0 spiro atoms. The van der Waals surface area contributed by atoms with Gasteiger partial charge in [0.15, 0.2) is 10.8 Å². The normalized spacial score (nSPS) is 12.9. The molecule has 9 heteroatoms. The molecule has 7 rings (SSSR count). The van der Waals surface area contributed by atoms with Crippen LogP contribution in [0.5, 0.6) is 0 Å². The summed E-state index contributed by atoms with van der Waals surface area (Å²) in [6.07, 6.45) is 3.87. The second-order valence-corrected chi connectivity index (χ2v) is 12.0. The quantitative estimate of drug-likeness (QED) is 0.196. The molecule has 0 fully saturated rings. The largest absolute Gasteiger partial charge is 0.375 e. The van der Waals surface area contributed by atoms with Crippen molar-refractivity contribution in [2.75, 3.05) is 17.3 Å². The number of rotatable bonds is 7. The highest BCUT2D eigenvalue weighted by molar-refractivity contribution is 7.22. The maximum atomic E-state index is 5.20. The molecule has 1 aliphatic rings. The Morgan fingerprint density at radius 2 is 1.80 bits per heavy atom. The van der Waals surface area contributed by atoms with E-state index in [1.165, 1.54) is 11.1 Å². The van der Waals surface area contributed by atoms with Gasteiger partial charge >= 0.3 is 0 Å². The average Bonchev–Trinajstić information content (AvgIpc) is 3.59. The first-order valence-electron chi connectivity index (χ1n) is 14.4. The van der Waals surface area contributed by atoms with Gasteiger partial charge in [-0.15, -0.1) is 0 Å². The molecule has 4 heterocycles. The maximum Gasteiger partial charge on any atom is 0.189 e. The fourth-order valence-corrected chi connectivity index (χ4v) is 6.83. The Bertz CT molecular complexity index is 2150. The van der Waals surface area contributed by atoms with Gasteiger partial charge in [-0.3, -0.25) is 0 Å². The minimum absolute atomic E-state index is 0.497. The summed E-state index contributed by atoms with van der Waals surface area (Å²) >= 11 is 1.57. The second-order valence-electron chi connectivity index (χ2n) is 11.0. The van der Waals surface area contributed by atoms with Gasteiger partial charge < -0.3 is 15.5 Å². The standard InChI is InChI=1S/C35H32N8S/c1-20-10-7-8-13-29(20)43-23(4)31-21(2)11-9-12-25(31)16-27(43)18-42-34-32(22(3)37-19-38-34)33(41-42)26-14-15-28-30(17-26)44-35(40-28)39-24(5)36-6/h7-17,19,36H,4-5,18H2,1-3,6H3,(H,39,40). The van der Waals surface area contributed by atoms with Gasteiger partial charge in [-0.05, 0) is 61.7 Å². The maximum absolute atomic E-state index is 5.20. The first-order valence-corrected chi connectivity index (χ1v) is 15.2. The van der Waals surface area contributed by atoms with Crippen LogP contribution in [0.4, 0.5) is 10.8 Å². The molecule has 3 aromatic carbocycles. The molecule has 1 aliphatic heterocycles. The Morgan fingerprint density at radius 1 is 0.977 bits per heavy atom. The van der Waals surface area contributed by atoms with E-state index < -0.39 is 0 Å². The molecule has 0 amide bonds. The van der Waals surface area contributed by atoms with E-state index in [9.17, 15) is 0 Å². The molecule has 0 bridgehead atoms. The summed E-state index contributed by atoms with van der Waals surface area (Å²) in [6.45, 7) is 15.3. The van der Waals surface area contributed by atoms with Gasteiger partial charge in [-0.2, -0.15) is 5.10 Å². The van der Waals surface area contributed by atoms with E-state index in [4.69, 9.17) is 15.1 Å². The number of fused-ring (bicyclic) bond motifs is 3. The Kier molecular flexibility index (Phi) is 6.74. The third-order valence-electron chi connectivity index (χ3n) is 8.08. The van der Waals surface area contributed by atoms with E-state index in [0.29, 0.717) is 12.4 Å². The molecular weight excluding hydrogens is 565 g/mol. The van der Waals surface area contributed by atoms with E-state index in [0.717, 1.165) is 71.5 Å². The third kappa shape index (κ3) is 4.62. The number of nitrogens with one attached hydrogen (secondary N) is 2. The van der Waals surface area contributed by atoms with Crippen molar-refractivity contribution >= 4 is 55.2 Å². The van der Waals surface area contributed by atoms with Gasteiger partial charge in [-0.25, -0.2) is 19.6 Å². The van der Waals surface area contributed by atoms with E-state index in [1.54, 1.807) is 17.7 Å². The van der Waals surface area contributed by atoms with Crippen LogP contribution in [0, 0.1) is 20.8 Å². The van der Waals surface area contributed by atoms with Crippen LogP contribution in [-0.4, -0.2) is 31.8 Å². The van der Waals surface area contributed by atoms with E-state index >= 15 is 0 Å². The van der Waals surface area contributed by atoms with Crippen LogP contribution in [0.25, 0.3) is 44.3 Å². The summed E-state index contributed by atoms with van der Waals surface area (Å²) in [5, 5.41) is 13.1. The molecule has 218 valence electrons. The molecule has 8 nitrogen and oxygen atoms in total. The van der Waals surface area contributed by atoms with Gasteiger partial charge in [0.25, 0.3) is 0 Å². The number of anilines is 2. The van der Waals surface area contributed by atoms with Crippen LogP contribution >= 0.6 is 11.3 Å². The molecule has 0 radical (unpaired) electrons. The summed E-state index contributed by atoms with van der Waals surface area (Å²) in [5.41, 5.74) is 12.2. The first kappa shape index (κ1) is 27.5.